The standard InChI is InChI=1S/C16H15NO3S/c1-17-16(14-10-6-7-11-15(14)20-2)21(18,19)12-13-8-4-3-5-9-13/h3-11,16H,12H2,2H3. The minimum atomic E-state index is -3.65. The monoisotopic (exact) mass is 301 g/mol. The lowest BCUT2D eigenvalue weighted by Crippen LogP contribution is -2.13. The molecule has 1 unspecified atom stereocenters. The van der Waals surface area contributed by atoms with Gasteiger partial charge < -0.3 is 4.74 Å². The van der Waals surface area contributed by atoms with Crippen molar-refractivity contribution in [2.24, 2.45) is 0 Å². The Morgan fingerprint density at radius 1 is 1.10 bits per heavy atom. The van der Waals surface area contributed by atoms with Crippen LogP contribution in [0.2, 0.25) is 0 Å². The van der Waals surface area contributed by atoms with E-state index in [0.717, 1.165) is 0 Å². The Morgan fingerprint density at radius 2 is 1.71 bits per heavy atom. The molecule has 0 saturated carbocycles. The van der Waals surface area contributed by atoms with Gasteiger partial charge in [-0.1, -0.05) is 42.5 Å². The van der Waals surface area contributed by atoms with Gasteiger partial charge in [-0.15, -0.1) is 0 Å². The first-order valence-corrected chi connectivity index (χ1v) is 8.05. The second kappa shape index (κ2) is 6.42. The summed E-state index contributed by atoms with van der Waals surface area (Å²) < 4.78 is 30.2. The molecule has 0 aromatic heterocycles. The first-order chi connectivity index (χ1) is 10.1. The molecule has 2 aromatic rings. The molecule has 0 amide bonds. The Bertz CT molecular complexity index is 749. The van der Waals surface area contributed by atoms with Crippen LogP contribution >= 0.6 is 0 Å². The molecule has 0 aliphatic carbocycles. The summed E-state index contributed by atoms with van der Waals surface area (Å²) in [4.78, 5) is 3.32. The predicted molar refractivity (Wildman–Crippen MR) is 81.4 cm³/mol. The van der Waals surface area contributed by atoms with Gasteiger partial charge in [-0.3, -0.25) is 4.85 Å². The van der Waals surface area contributed by atoms with Gasteiger partial charge in [0.15, 0.2) is 0 Å². The molecule has 0 N–H and O–H groups in total. The van der Waals surface area contributed by atoms with Crippen LogP contribution in [0.3, 0.4) is 0 Å². The molecule has 0 saturated heterocycles. The number of para-hydroxylation sites is 1. The van der Waals surface area contributed by atoms with Crippen LogP contribution < -0.4 is 4.74 Å². The van der Waals surface area contributed by atoms with E-state index in [1.165, 1.54) is 7.11 Å². The third kappa shape index (κ3) is 3.41. The number of ether oxygens (including phenoxy) is 1. The van der Waals surface area contributed by atoms with Crippen LogP contribution in [0.1, 0.15) is 16.5 Å². The smallest absolute Gasteiger partial charge is 0.349 e. The van der Waals surface area contributed by atoms with Gasteiger partial charge in [-0.05, 0) is 17.7 Å². The molecule has 1 atom stereocenters. The molecule has 2 rings (SSSR count). The maximum Gasteiger partial charge on any atom is 0.349 e. The van der Waals surface area contributed by atoms with E-state index < -0.39 is 15.2 Å². The maximum absolute atomic E-state index is 12.5. The van der Waals surface area contributed by atoms with E-state index in [2.05, 4.69) is 4.85 Å². The number of benzene rings is 2. The topological polar surface area (TPSA) is 47.7 Å². The van der Waals surface area contributed by atoms with Crippen LogP contribution in [0.4, 0.5) is 0 Å². The summed E-state index contributed by atoms with van der Waals surface area (Å²) >= 11 is 0. The average Bonchev–Trinajstić information content (AvgIpc) is 2.48. The molecule has 0 bridgehead atoms. The Hall–Kier alpha value is -2.32. The highest BCUT2D eigenvalue weighted by atomic mass is 32.2. The van der Waals surface area contributed by atoms with Gasteiger partial charge in [-0.25, -0.2) is 15.0 Å². The highest BCUT2D eigenvalue weighted by Crippen LogP contribution is 2.33. The van der Waals surface area contributed by atoms with E-state index in [0.29, 0.717) is 16.9 Å². The zero-order chi connectivity index (χ0) is 15.3. The fraction of sp³-hybridized carbons (Fsp3) is 0.188. The van der Waals surface area contributed by atoms with Crippen molar-refractivity contribution in [3.63, 3.8) is 0 Å². The minimum Gasteiger partial charge on any atom is -0.496 e. The lowest BCUT2D eigenvalue weighted by Gasteiger charge is -2.11. The van der Waals surface area contributed by atoms with Crippen molar-refractivity contribution < 1.29 is 13.2 Å². The summed E-state index contributed by atoms with van der Waals surface area (Å²) in [7, 11) is -2.18. The van der Waals surface area contributed by atoms with Crippen LogP contribution in [0.5, 0.6) is 5.75 Å². The fourth-order valence-corrected chi connectivity index (χ4v) is 3.66. The Kier molecular flexibility index (Phi) is 4.61. The molecular weight excluding hydrogens is 286 g/mol. The first-order valence-electron chi connectivity index (χ1n) is 6.33. The molecule has 0 spiro atoms. The molecule has 0 radical (unpaired) electrons. The van der Waals surface area contributed by atoms with E-state index >= 15 is 0 Å². The predicted octanol–water partition coefficient (Wildman–Crippen LogP) is 3.23. The molecular formula is C16H15NO3S. The number of rotatable bonds is 5. The summed E-state index contributed by atoms with van der Waals surface area (Å²) in [6, 6.07) is 15.6. The van der Waals surface area contributed by atoms with Crippen LogP contribution in [-0.4, -0.2) is 15.5 Å². The zero-order valence-corrected chi connectivity index (χ0v) is 12.4. The second-order valence-electron chi connectivity index (χ2n) is 4.52. The van der Waals surface area contributed by atoms with Crippen LogP contribution in [0.25, 0.3) is 4.85 Å². The van der Waals surface area contributed by atoms with Gasteiger partial charge in [0.05, 0.1) is 18.4 Å². The van der Waals surface area contributed by atoms with Crippen molar-refractivity contribution in [3.8, 4) is 5.75 Å². The van der Waals surface area contributed by atoms with E-state index in [-0.39, 0.29) is 5.75 Å². The summed E-state index contributed by atoms with van der Waals surface area (Å²) in [6.07, 6.45) is 0. The molecule has 0 aliphatic heterocycles. The van der Waals surface area contributed by atoms with Crippen molar-refractivity contribution in [2.75, 3.05) is 7.11 Å². The molecule has 0 heterocycles. The van der Waals surface area contributed by atoms with Gasteiger partial charge in [0, 0.05) is 0 Å². The maximum atomic E-state index is 12.5. The summed E-state index contributed by atoms with van der Waals surface area (Å²) in [5.74, 6) is 0.244. The molecule has 4 nitrogen and oxygen atoms in total. The van der Waals surface area contributed by atoms with E-state index in [1.54, 1.807) is 48.5 Å². The van der Waals surface area contributed by atoms with E-state index in [9.17, 15) is 8.42 Å². The van der Waals surface area contributed by atoms with Crippen molar-refractivity contribution in [2.45, 2.75) is 11.1 Å². The molecule has 0 fully saturated rings. The number of nitrogens with zero attached hydrogens (tertiary/aromatic N) is 1. The molecule has 5 heteroatoms. The van der Waals surface area contributed by atoms with Crippen LogP contribution in [0, 0.1) is 6.57 Å². The van der Waals surface area contributed by atoms with Gasteiger partial charge in [0.25, 0.3) is 0 Å². The van der Waals surface area contributed by atoms with Gasteiger partial charge in [-0.2, -0.15) is 0 Å². The van der Waals surface area contributed by atoms with Gasteiger partial charge >= 0.3 is 5.37 Å². The fourth-order valence-electron chi connectivity index (χ4n) is 2.10. The quantitative estimate of drug-likeness (QED) is 0.797. The Morgan fingerprint density at radius 3 is 2.33 bits per heavy atom. The third-order valence-corrected chi connectivity index (χ3v) is 4.85. The third-order valence-electron chi connectivity index (χ3n) is 3.07. The first kappa shape index (κ1) is 15.1. The van der Waals surface area contributed by atoms with Crippen molar-refractivity contribution in [1.82, 2.24) is 0 Å². The summed E-state index contributed by atoms with van der Waals surface area (Å²) in [5, 5.41) is -1.26. The Labute approximate surface area is 124 Å². The number of hydrogen-bond acceptors (Lipinski definition) is 3. The van der Waals surface area contributed by atoms with E-state index in [1.807, 2.05) is 6.07 Å². The molecule has 0 aliphatic rings. The summed E-state index contributed by atoms with van der Waals surface area (Å²) in [6.45, 7) is 7.28. The normalized spacial score (nSPS) is 12.4. The second-order valence-corrected chi connectivity index (χ2v) is 6.58. The van der Waals surface area contributed by atoms with Crippen molar-refractivity contribution >= 4 is 9.84 Å². The number of sulfone groups is 1. The number of hydrogen-bond donors (Lipinski definition) is 0. The zero-order valence-electron chi connectivity index (χ0n) is 11.6. The average molecular weight is 301 g/mol. The minimum absolute atomic E-state index is 0.168. The Balaban J connectivity index is 2.39. The van der Waals surface area contributed by atoms with Gasteiger partial charge in [0.2, 0.25) is 9.84 Å². The van der Waals surface area contributed by atoms with Crippen molar-refractivity contribution in [3.05, 3.63) is 77.1 Å². The summed E-state index contributed by atoms with van der Waals surface area (Å²) in [5.41, 5.74) is 1.05. The van der Waals surface area contributed by atoms with E-state index in [4.69, 9.17) is 11.3 Å². The molecule has 2 aromatic carbocycles. The SMILES string of the molecule is [C-]#[N+]C(c1ccccc1OC)S(=O)(=O)Cc1ccccc1. The largest absolute Gasteiger partial charge is 0.496 e. The van der Waals surface area contributed by atoms with Crippen LogP contribution in [0.15, 0.2) is 54.6 Å². The van der Waals surface area contributed by atoms with Crippen LogP contribution in [-0.2, 0) is 15.6 Å². The molecule has 108 valence electrons. The van der Waals surface area contributed by atoms with Gasteiger partial charge in [0.1, 0.15) is 5.75 Å². The highest BCUT2D eigenvalue weighted by molar-refractivity contribution is 7.91. The molecule has 21 heavy (non-hydrogen) atoms. The lowest BCUT2D eigenvalue weighted by atomic mass is 10.2. The number of methoxy groups -OCH3 is 1. The highest BCUT2D eigenvalue weighted by Gasteiger charge is 2.35. The lowest BCUT2D eigenvalue weighted by molar-refractivity contribution is 0.410. The van der Waals surface area contributed by atoms with Crippen molar-refractivity contribution in [1.29, 1.82) is 0 Å².